The molecule has 8 nitrogen and oxygen atoms in total. The smallest absolute Gasteiger partial charge is 0.338 e. The number of carbonyl (C=O) groups excluding carboxylic acids is 2. The third-order valence-corrected chi connectivity index (χ3v) is 5.06. The van der Waals surface area contributed by atoms with E-state index >= 15 is 0 Å². The fourth-order valence-corrected chi connectivity index (χ4v) is 3.15. The van der Waals surface area contributed by atoms with Crippen LogP contribution in [0.1, 0.15) is 54.8 Å². The van der Waals surface area contributed by atoms with Gasteiger partial charge in [0, 0.05) is 0 Å². The number of benzene rings is 2. The molecule has 2 atom stereocenters. The largest absolute Gasteiger partial charge is 0.458 e. The van der Waals surface area contributed by atoms with Crippen molar-refractivity contribution in [3.8, 4) is 0 Å². The van der Waals surface area contributed by atoms with Crippen LogP contribution in [0.5, 0.6) is 0 Å². The second-order valence-corrected chi connectivity index (χ2v) is 8.63. The molecule has 0 unspecified atom stereocenters. The number of hydrogen-bond donors (Lipinski definition) is 2. The van der Waals surface area contributed by atoms with E-state index in [1.165, 1.54) is 0 Å². The van der Waals surface area contributed by atoms with Gasteiger partial charge in [-0.15, -0.1) is 0 Å². The van der Waals surface area contributed by atoms with Crippen LogP contribution in [0.2, 0.25) is 0 Å². The number of hydrogen-bond acceptors (Lipinski definition) is 8. The van der Waals surface area contributed by atoms with E-state index in [-0.39, 0.29) is 45.3 Å². The number of rotatable bonds is 11. The molecule has 1 aliphatic rings. The first-order chi connectivity index (χ1) is 17.8. The quantitative estimate of drug-likeness (QED) is 0.318. The molecular formula is C30H40O8. The molecule has 1 saturated heterocycles. The summed E-state index contributed by atoms with van der Waals surface area (Å²) < 4.78 is 21.2. The zero-order valence-corrected chi connectivity index (χ0v) is 21.3. The molecule has 0 bridgehead atoms. The van der Waals surface area contributed by atoms with Gasteiger partial charge in [0.25, 0.3) is 0 Å². The normalized spacial score (nSPS) is 16.8. The summed E-state index contributed by atoms with van der Waals surface area (Å²) in [5.41, 5.74) is 1.08. The molecule has 0 spiro atoms. The van der Waals surface area contributed by atoms with Crippen molar-refractivity contribution >= 4 is 11.9 Å². The van der Waals surface area contributed by atoms with Gasteiger partial charge >= 0.3 is 11.9 Å². The summed E-state index contributed by atoms with van der Waals surface area (Å²) in [7, 11) is 0. The molecule has 0 amide bonds. The molecule has 38 heavy (non-hydrogen) atoms. The van der Waals surface area contributed by atoms with Gasteiger partial charge in [-0.1, -0.05) is 68.1 Å². The average Bonchev–Trinajstić information content (AvgIpc) is 3.27. The van der Waals surface area contributed by atoms with Crippen LogP contribution in [0.4, 0.5) is 0 Å². The molecule has 8 heteroatoms. The van der Waals surface area contributed by atoms with Crippen LogP contribution in [-0.2, 0) is 18.9 Å². The first kappa shape index (κ1) is 32.7. The number of aliphatic hydroxyl groups is 2. The van der Waals surface area contributed by atoms with Crippen molar-refractivity contribution in [1.82, 2.24) is 0 Å². The van der Waals surface area contributed by atoms with Crippen molar-refractivity contribution in [3.63, 3.8) is 0 Å². The summed E-state index contributed by atoms with van der Waals surface area (Å²) >= 11 is 0. The van der Waals surface area contributed by atoms with Crippen molar-refractivity contribution in [2.45, 2.75) is 52.1 Å². The number of ether oxygens (including phenoxy) is 4. The molecule has 1 aliphatic heterocycles. The van der Waals surface area contributed by atoms with Crippen molar-refractivity contribution in [2.24, 2.45) is 0 Å². The van der Waals surface area contributed by atoms with Crippen LogP contribution in [0.15, 0.2) is 85.0 Å². The number of carbonyl (C=O) groups is 2. The average molecular weight is 529 g/mol. The minimum Gasteiger partial charge on any atom is -0.458 e. The predicted molar refractivity (Wildman–Crippen MR) is 146 cm³/mol. The van der Waals surface area contributed by atoms with Crippen LogP contribution in [0, 0.1) is 0 Å². The molecule has 0 saturated carbocycles. The summed E-state index contributed by atoms with van der Waals surface area (Å²) in [4.78, 5) is 23.1. The third kappa shape index (κ3) is 13.3. The second kappa shape index (κ2) is 18.0. The number of aliphatic hydroxyl groups excluding tert-OH is 2. The topological polar surface area (TPSA) is 112 Å². The molecule has 2 aromatic rings. The Morgan fingerprint density at radius 3 is 1.87 bits per heavy atom. The highest BCUT2D eigenvalue weighted by atomic mass is 16.7. The molecule has 0 aliphatic carbocycles. The Balaban J connectivity index is 0.000000375. The third-order valence-electron chi connectivity index (χ3n) is 5.06. The lowest BCUT2D eigenvalue weighted by Crippen LogP contribution is -2.21. The van der Waals surface area contributed by atoms with E-state index in [0.717, 1.165) is 6.42 Å². The van der Waals surface area contributed by atoms with E-state index in [4.69, 9.17) is 29.2 Å². The van der Waals surface area contributed by atoms with Crippen molar-refractivity contribution in [3.05, 3.63) is 96.1 Å². The van der Waals surface area contributed by atoms with Crippen LogP contribution in [-0.4, -0.2) is 66.6 Å². The zero-order valence-electron chi connectivity index (χ0n) is 21.3. The summed E-state index contributed by atoms with van der Waals surface area (Å²) in [6, 6.07) is 17.7. The minimum absolute atomic E-state index is 0. The first-order valence-electron chi connectivity index (χ1n) is 12.2. The van der Waals surface area contributed by atoms with Gasteiger partial charge < -0.3 is 29.2 Å². The maximum atomic E-state index is 11.6. The summed E-state index contributed by atoms with van der Waals surface area (Å²) in [5.74, 6) is -1.17. The lowest BCUT2D eigenvalue weighted by atomic mass is 10.2. The molecule has 208 valence electrons. The number of esters is 2. The second-order valence-electron chi connectivity index (χ2n) is 8.63. The Labute approximate surface area is 225 Å². The molecule has 2 aromatic carbocycles. The molecule has 0 aromatic heterocycles. The zero-order chi connectivity index (χ0) is 26.9. The Morgan fingerprint density at radius 2 is 1.42 bits per heavy atom. The van der Waals surface area contributed by atoms with Gasteiger partial charge in [-0.05, 0) is 51.0 Å². The highest BCUT2D eigenvalue weighted by Gasteiger charge is 2.31. The molecule has 1 fully saturated rings. The van der Waals surface area contributed by atoms with E-state index in [1.807, 2.05) is 50.3 Å². The summed E-state index contributed by atoms with van der Waals surface area (Å²) in [6.45, 7) is 4.56. The van der Waals surface area contributed by atoms with Gasteiger partial charge in [0.1, 0.15) is 13.2 Å². The van der Waals surface area contributed by atoms with E-state index < -0.39 is 11.9 Å². The fourth-order valence-electron chi connectivity index (χ4n) is 3.15. The van der Waals surface area contributed by atoms with E-state index in [2.05, 4.69) is 0 Å². The van der Waals surface area contributed by atoms with Gasteiger partial charge in [-0.2, -0.15) is 0 Å². The molecule has 0 radical (unpaired) electrons. The van der Waals surface area contributed by atoms with E-state index in [1.54, 1.807) is 48.6 Å². The molecule has 3 rings (SSSR count). The van der Waals surface area contributed by atoms with Crippen LogP contribution >= 0.6 is 0 Å². The Bertz CT molecular complexity index is 986. The summed E-state index contributed by atoms with van der Waals surface area (Å²) in [5, 5.41) is 17.6. The minimum atomic E-state index is -0.754. The van der Waals surface area contributed by atoms with Crippen molar-refractivity contribution in [2.75, 3.05) is 26.4 Å². The van der Waals surface area contributed by atoms with Gasteiger partial charge in [-0.3, -0.25) is 0 Å². The van der Waals surface area contributed by atoms with Crippen LogP contribution < -0.4 is 0 Å². The summed E-state index contributed by atoms with van der Waals surface area (Å²) in [6.07, 6.45) is 7.51. The SMILES string of the molecule is C.CC1(C)OC[C@H](C/C=C/COC(=O)c2ccccc2)O1.O=C(OC/C=C/C[C@H](O)CO)c1ccccc1. The molecular weight excluding hydrogens is 488 g/mol. The Morgan fingerprint density at radius 1 is 0.921 bits per heavy atom. The Kier molecular flexibility index (Phi) is 15.5. The van der Waals surface area contributed by atoms with E-state index in [0.29, 0.717) is 24.2 Å². The standard InChI is InChI=1S/C16H20O4.C13H16O4.CH4/c1-16(2)19-12-14(20-16)10-6-7-11-18-15(17)13-8-4-3-5-9-13;14-10-12(15)8-4-5-9-17-13(16)11-6-2-1-3-7-11;/h3-9,14H,10-12H2,1-2H3;1-7,12,14-15H,8-10H2;1H4/b7-6+;5-4+;/t14-;12-;/m00./s1. The van der Waals surface area contributed by atoms with Gasteiger partial charge in [-0.25, -0.2) is 9.59 Å². The first-order valence-corrected chi connectivity index (χ1v) is 12.2. The highest BCUT2D eigenvalue weighted by Crippen LogP contribution is 2.24. The molecule has 2 N–H and O–H groups in total. The van der Waals surface area contributed by atoms with Crippen LogP contribution in [0.3, 0.4) is 0 Å². The van der Waals surface area contributed by atoms with Gasteiger partial charge in [0.15, 0.2) is 5.79 Å². The maximum absolute atomic E-state index is 11.6. The van der Waals surface area contributed by atoms with Crippen molar-refractivity contribution in [1.29, 1.82) is 0 Å². The lowest BCUT2D eigenvalue weighted by Gasteiger charge is -2.16. The maximum Gasteiger partial charge on any atom is 0.338 e. The van der Waals surface area contributed by atoms with Crippen LogP contribution in [0.25, 0.3) is 0 Å². The lowest BCUT2D eigenvalue weighted by molar-refractivity contribution is -0.137. The van der Waals surface area contributed by atoms with Gasteiger partial charge in [0.2, 0.25) is 0 Å². The highest BCUT2D eigenvalue weighted by molar-refractivity contribution is 5.89. The Hall–Kier alpha value is -3.30. The molecule has 1 heterocycles. The predicted octanol–water partition coefficient (Wildman–Crippen LogP) is 4.72. The van der Waals surface area contributed by atoms with E-state index in [9.17, 15) is 9.59 Å². The van der Waals surface area contributed by atoms with Gasteiger partial charge in [0.05, 0.1) is 36.5 Å². The fraction of sp³-hybridized carbons (Fsp3) is 0.400. The van der Waals surface area contributed by atoms with Crippen molar-refractivity contribution < 1.29 is 38.7 Å². The monoisotopic (exact) mass is 528 g/mol.